The molecule has 0 fully saturated rings. The van der Waals surface area contributed by atoms with Crippen molar-refractivity contribution in [3.8, 4) is 0 Å². The SMILES string of the molecule is CC.CC1CC(=O)Nc2cc(NC(=O)c3cccnc3Nc3ccc4cn[nH]c4c3)ccc21. The lowest BCUT2D eigenvalue weighted by Gasteiger charge is -2.23. The van der Waals surface area contributed by atoms with Crippen molar-refractivity contribution in [2.24, 2.45) is 0 Å². The molecule has 0 bridgehead atoms. The number of aromatic nitrogens is 3. The van der Waals surface area contributed by atoms with Gasteiger partial charge in [0.1, 0.15) is 5.82 Å². The summed E-state index contributed by atoms with van der Waals surface area (Å²) in [6.07, 6.45) is 3.85. The van der Waals surface area contributed by atoms with E-state index >= 15 is 0 Å². The van der Waals surface area contributed by atoms with Crippen LogP contribution in [-0.4, -0.2) is 27.0 Å². The number of fused-ring (bicyclic) bond motifs is 2. The summed E-state index contributed by atoms with van der Waals surface area (Å²) in [5, 5.41) is 16.9. The van der Waals surface area contributed by atoms with Crippen LogP contribution in [0.5, 0.6) is 0 Å². The first-order valence-corrected chi connectivity index (χ1v) is 11.0. The second-order valence-electron chi connectivity index (χ2n) is 7.61. The molecule has 2 amide bonds. The molecule has 168 valence electrons. The average molecular weight is 443 g/mol. The van der Waals surface area contributed by atoms with Crippen LogP contribution in [-0.2, 0) is 4.79 Å². The Bertz CT molecular complexity index is 1310. The van der Waals surface area contributed by atoms with Gasteiger partial charge in [0.25, 0.3) is 5.91 Å². The first-order valence-electron chi connectivity index (χ1n) is 11.0. The van der Waals surface area contributed by atoms with Gasteiger partial charge in [-0.1, -0.05) is 26.8 Å². The van der Waals surface area contributed by atoms with Crippen molar-refractivity contribution in [3.05, 3.63) is 72.1 Å². The van der Waals surface area contributed by atoms with Crippen LogP contribution >= 0.6 is 0 Å². The van der Waals surface area contributed by atoms with Crippen molar-refractivity contribution in [2.45, 2.75) is 33.1 Å². The summed E-state index contributed by atoms with van der Waals surface area (Å²) < 4.78 is 0. The highest BCUT2D eigenvalue weighted by atomic mass is 16.2. The molecule has 4 aromatic rings. The van der Waals surface area contributed by atoms with Gasteiger partial charge in [-0.05, 0) is 53.9 Å². The summed E-state index contributed by atoms with van der Waals surface area (Å²) in [6.45, 7) is 6.02. The number of carbonyl (C=O) groups is 2. The third-order valence-corrected chi connectivity index (χ3v) is 5.36. The number of nitrogens with zero attached hydrogens (tertiary/aromatic N) is 2. The van der Waals surface area contributed by atoms with Crippen molar-refractivity contribution >= 4 is 45.6 Å². The van der Waals surface area contributed by atoms with Gasteiger partial charge in [-0.3, -0.25) is 14.7 Å². The minimum Gasteiger partial charge on any atom is -0.340 e. The van der Waals surface area contributed by atoms with E-state index in [0.717, 1.165) is 27.8 Å². The number of anilines is 4. The molecule has 2 aromatic carbocycles. The van der Waals surface area contributed by atoms with Crippen molar-refractivity contribution < 1.29 is 9.59 Å². The van der Waals surface area contributed by atoms with Gasteiger partial charge in [0.15, 0.2) is 0 Å². The quantitative estimate of drug-likeness (QED) is 0.337. The molecule has 5 rings (SSSR count). The second-order valence-corrected chi connectivity index (χ2v) is 7.61. The highest BCUT2D eigenvalue weighted by Crippen LogP contribution is 2.34. The van der Waals surface area contributed by atoms with Gasteiger partial charge in [0.2, 0.25) is 5.91 Å². The molecule has 0 spiro atoms. The van der Waals surface area contributed by atoms with E-state index in [4.69, 9.17) is 0 Å². The maximum Gasteiger partial charge on any atom is 0.259 e. The van der Waals surface area contributed by atoms with Crippen LogP contribution in [0.25, 0.3) is 10.9 Å². The lowest BCUT2D eigenvalue weighted by Crippen LogP contribution is -2.22. The maximum absolute atomic E-state index is 13.0. The first-order chi connectivity index (χ1) is 16.1. The number of amides is 2. The van der Waals surface area contributed by atoms with E-state index in [1.54, 1.807) is 30.6 Å². The average Bonchev–Trinajstić information content (AvgIpc) is 3.28. The van der Waals surface area contributed by atoms with Crippen LogP contribution in [0.15, 0.2) is 60.9 Å². The Labute approximate surface area is 191 Å². The standard InChI is InChI=1S/C23H20N6O2.C2H6/c1-13-9-21(30)28-20-11-16(6-7-17(13)20)27-23(31)18-3-2-8-24-22(18)26-15-5-4-14-12-25-29-19(14)10-15;1-2/h2-8,10-13H,9H2,1H3,(H,24,26)(H,25,29)(H,27,31)(H,28,30);1-2H3. The minimum atomic E-state index is -0.298. The van der Waals surface area contributed by atoms with E-state index < -0.39 is 0 Å². The predicted molar refractivity (Wildman–Crippen MR) is 131 cm³/mol. The van der Waals surface area contributed by atoms with Gasteiger partial charge in [-0.15, -0.1) is 0 Å². The van der Waals surface area contributed by atoms with Gasteiger partial charge in [-0.25, -0.2) is 4.98 Å². The predicted octanol–water partition coefficient (Wildman–Crippen LogP) is 5.43. The van der Waals surface area contributed by atoms with Crippen molar-refractivity contribution in [1.29, 1.82) is 0 Å². The topological polar surface area (TPSA) is 112 Å². The molecule has 1 aliphatic heterocycles. The molecule has 0 saturated carbocycles. The Morgan fingerprint density at radius 2 is 1.91 bits per heavy atom. The molecule has 1 unspecified atom stereocenters. The molecule has 1 atom stereocenters. The Hall–Kier alpha value is -4.20. The van der Waals surface area contributed by atoms with Crippen LogP contribution in [0.1, 0.15) is 49.0 Å². The molecular formula is C25H26N6O2. The molecule has 33 heavy (non-hydrogen) atoms. The number of rotatable bonds is 4. The molecule has 8 heteroatoms. The zero-order chi connectivity index (χ0) is 23.4. The van der Waals surface area contributed by atoms with Crippen LogP contribution in [0.4, 0.5) is 22.9 Å². The summed E-state index contributed by atoms with van der Waals surface area (Å²) >= 11 is 0. The maximum atomic E-state index is 13.0. The lowest BCUT2D eigenvalue weighted by molar-refractivity contribution is -0.116. The molecule has 0 aliphatic carbocycles. The normalized spacial score (nSPS) is 14.5. The summed E-state index contributed by atoms with van der Waals surface area (Å²) in [5.41, 5.74) is 4.48. The second kappa shape index (κ2) is 9.52. The number of aromatic amines is 1. The number of hydrogen-bond donors (Lipinski definition) is 4. The first kappa shape index (κ1) is 22.0. The van der Waals surface area contributed by atoms with E-state index in [2.05, 4.69) is 31.1 Å². The number of nitrogens with one attached hydrogen (secondary N) is 4. The van der Waals surface area contributed by atoms with Crippen LogP contribution in [0.3, 0.4) is 0 Å². The largest absolute Gasteiger partial charge is 0.340 e. The molecule has 2 aromatic heterocycles. The van der Waals surface area contributed by atoms with E-state index in [1.165, 1.54) is 0 Å². The smallest absolute Gasteiger partial charge is 0.259 e. The van der Waals surface area contributed by atoms with E-state index in [9.17, 15) is 9.59 Å². The number of H-pyrrole nitrogens is 1. The zero-order valence-electron chi connectivity index (χ0n) is 18.8. The Balaban J connectivity index is 0.00000126. The lowest BCUT2D eigenvalue weighted by atomic mass is 9.92. The van der Waals surface area contributed by atoms with Gasteiger partial charge in [0, 0.05) is 35.1 Å². The zero-order valence-corrected chi connectivity index (χ0v) is 18.8. The van der Waals surface area contributed by atoms with Crippen molar-refractivity contribution in [3.63, 3.8) is 0 Å². The number of carbonyl (C=O) groups excluding carboxylic acids is 2. The fourth-order valence-corrected chi connectivity index (χ4v) is 3.80. The number of pyridine rings is 1. The molecule has 8 nitrogen and oxygen atoms in total. The van der Waals surface area contributed by atoms with Gasteiger partial charge < -0.3 is 16.0 Å². The van der Waals surface area contributed by atoms with Crippen molar-refractivity contribution in [2.75, 3.05) is 16.0 Å². The fourth-order valence-electron chi connectivity index (χ4n) is 3.80. The molecule has 4 N–H and O–H groups in total. The molecule has 1 aliphatic rings. The van der Waals surface area contributed by atoms with Crippen molar-refractivity contribution in [1.82, 2.24) is 15.2 Å². The summed E-state index contributed by atoms with van der Waals surface area (Å²) in [7, 11) is 0. The highest BCUT2D eigenvalue weighted by molar-refractivity contribution is 6.08. The Kier molecular flexibility index (Phi) is 6.35. The third-order valence-electron chi connectivity index (χ3n) is 5.36. The number of benzene rings is 2. The highest BCUT2D eigenvalue weighted by Gasteiger charge is 2.22. The monoisotopic (exact) mass is 442 g/mol. The third kappa shape index (κ3) is 4.69. The Morgan fingerprint density at radius 1 is 1.09 bits per heavy atom. The fraction of sp³-hybridized carbons (Fsp3) is 0.200. The van der Waals surface area contributed by atoms with Crippen LogP contribution in [0.2, 0.25) is 0 Å². The minimum absolute atomic E-state index is 0.0172. The summed E-state index contributed by atoms with van der Waals surface area (Å²) in [5.74, 6) is 0.276. The van der Waals surface area contributed by atoms with Crippen LogP contribution < -0.4 is 16.0 Å². The molecule has 0 radical (unpaired) electrons. The van der Waals surface area contributed by atoms with Gasteiger partial charge >= 0.3 is 0 Å². The molecule has 3 heterocycles. The van der Waals surface area contributed by atoms with Gasteiger partial charge in [0.05, 0.1) is 17.3 Å². The molecule has 0 saturated heterocycles. The number of hydrogen-bond acceptors (Lipinski definition) is 5. The summed E-state index contributed by atoms with van der Waals surface area (Å²) in [6, 6.07) is 14.8. The molecular weight excluding hydrogens is 416 g/mol. The van der Waals surface area contributed by atoms with Gasteiger partial charge in [-0.2, -0.15) is 5.10 Å². The Morgan fingerprint density at radius 3 is 2.76 bits per heavy atom. The van der Waals surface area contributed by atoms with E-state index in [0.29, 0.717) is 23.5 Å². The van der Waals surface area contributed by atoms with Crippen LogP contribution in [0, 0.1) is 0 Å². The summed E-state index contributed by atoms with van der Waals surface area (Å²) in [4.78, 5) is 29.2. The van der Waals surface area contributed by atoms with E-state index in [1.807, 2.05) is 51.1 Å². The van der Waals surface area contributed by atoms with E-state index in [-0.39, 0.29) is 17.7 Å².